The van der Waals surface area contributed by atoms with Gasteiger partial charge in [-0.1, -0.05) is 38.5 Å². The van der Waals surface area contributed by atoms with Gasteiger partial charge in [-0.3, -0.25) is 10.2 Å². The maximum absolute atomic E-state index is 4.33. The first-order valence-electron chi connectivity index (χ1n) is 8.50. The fourth-order valence-electron chi connectivity index (χ4n) is 2.63. The van der Waals surface area contributed by atoms with Gasteiger partial charge in [0.05, 0.1) is 0 Å². The molecule has 0 aromatic carbocycles. The molecule has 0 saturated carbocycles. The molecule has 0 amide bonds. The van der Waals surface area contributed by atoms with Crippen LogP contribution in [0.1, 0.15) is 74.7 Å². The zero-order valence-corrected chi connectivity index (χ0v) is 13.9. The molecule has 0 spiro atoms. The van der Waals surface area contributed by atoms with E-state index in [-0.39, 0.29) is 0 Å². The van der Waals surface area contributed by atoms with Crippen molar-refractivity contribution >= 4 is 0 Å². The molecule has 6 nitrogen and oxygen atoms in total. The third-order valence-corrected chi connectivity index (χ3v) is 3.84. The van der Waals surface area contributed by atoms with Crippen molar-refractivity contribution in [1.29, 1.82) is 0 Å². The van der Waals surface area contributed by atoms with E-state index >= 15 is 0 Å². The van der Waals surface area contributed by atoms with E-state index in [1.807, 2.05) is 13.8 Å². The van der Waals surface area contributed by atoms with E-state index in [0.29, 0.717) is 0 Å². The smallest absolute Gasteiger partial charge is 0.150 e. The van der Waals surface area contributed by atoms with Crippen molar-refractivity contribution < 1.29 is 0 Å². The predicted molar refractivity (Wildman–Crippen MR) is 86.6 cm³/mol. The van der Waals surface area contributed by atoms with Gasteiger partial charge in [-0.25, -0.2) is 9.97 Å². The van der Waals surface area contributed by atoms with Crippen molar-refractivity contribution in [3.05, 3.63) is 23.3 Å². The Labute approximate surface area is 132 Å². The number of nitrogens with zero attached hydrogens (tertiary/aromatic N) is 4. The van der Waals surface area contributed by atoms with Crippen LogP contribution < -0.4 is 0 Å². The summed E-state index contributed by atoms with van der Waals surface area (Å²) in [6, 6.07) is 0. The molecule has 0 aliphatic heterocycles. The average Bonchev–Trinajstić information content (AvgIpc) is 3.09. The summed E-state index contributed by atoms with van der Waals surface area (Å²) in [5, 5.41) is 14.1. The fourth-order valence-corrected chi connectivity index (χ4v) is 2.63. The quantitative estimate of drug-likeness (QED) is 0.623. The summed E-state index contributed by atoms with van der Waals surface area (Å²) < 4.78 is 0. The second kappa shape index (κ2) is 9.33. The van der Waals surface area contributed by atoms with Crippen LogP contribution in [0.15, 0.2) is 0 Å². The molecule has 2 aromatic heterocycles. The van der Waals surface area contributed by atoms with E-state index in [4.69, 9.17) is 0 Å². The minimum absolute atomic E-state index is 0.912. The van der Waals surface area contributed by atoms with E-state index in [1.54, 1.807) is 0 Å². The average molecular weight is 304 g/mol. The van der Waals surface area contributed by atoms with Gasteiger partial charge < -0.3 is 0 Å². The van der Waals surface area contributed by atoms with E-state index in [2.05, 4.69) is 30.4 Å². The van der Waals surface area contributed by atoms with E-state index in [9.17, 15) is 0 Å². The van der Waals surface area contributed by atoms with E-state index in [0.717, 1.165) is 36.1 Å². The summed E-state index contributed by atoms with van der Waals surface area (Å²) in [7, 11) is 0. The van der Waals surface area contributed by atoms with Gasteiger partial charge in [-0.2, -0.15) is 10.2 Å². The number of H-pyrrole nitrogens is 2. The Morgan fingerprint density at radius 2 is 0.955 bits per heavy atom. The topological polar surface area (TPSA) is 83.1 Å². The molecule has 122 valence electrons. The van der Waals surface area contributed by atoms with Crippen LogP contribution in [-0.4, -0.2) is 30.4 Å². The minimum Gasteiger partial charge on any atom is -0.263 e. The van der Waals surface area contributed by atoms with Crippen LogP contribution >= 0.6 is 0 Å². The number of aryl methyl sites for hydroxylation is 4. The van der Waals surface area contributed by atoms with Crippen molar-refractivity contribution in [3.8, 4) is 0 Å². The zero-order valence-electron chi connectivity index (χ0n) is 13.9. The van der Waals surface area contributed by atoms with Crippen LogP contribution in [0.3, 0.4) is 0 Å². The molecule has 0 atom stereocenters. The van der Waals surface area contributed by atoms with Crippen molar-refractivity contribution in [2.45, 2.75) is 78.1 Å². The second-order valence-electron chi connectivity index (χ2n) is 6.00. The molecule has 2 rings (SSSR count). The molecule has 0 bridgehead atoms. The Balaban J connectivity index is 1.37. The first-order chi connectivity index (χ1) is 10.7. The van der Waals surface area contributed by atoms with Crippen LogP contribution in [0.25, 0.3) is 0 Å². The Morgan fingerprint density at radius 3 is 1.27 bits per heavy atom. The highest BCUT2D eigenvalue weighted by Crippen LogP contribution is 2.11. The number of hydrogen-bond donors (Lipinski definition) is 2. The van der Waals surface area contributed by atoms with Crippen LogP contribution in [0, 0.1) is 13.8 Å². The van der Waals surface area contributed by atoms with Gasteiger partial charge in [0.25, 0.3) is 0 Å². The monoisotopic (exact) mass is 304 g/mol. The van der Waals surface area contributed by atoms with Crippen molar-refractivity contribution in [1.82, 2.24) is 30.4 Å². The molecule has 2 heterocycles. The van der Waals surface area contributed by atoms with Crippen LogP contribution in [0.4, 0.5) is 0 Å². The van der Waals surface area contributed by atoms with Gasteiger partial charge in [0.15, 0.2) is 11.6 Å². The molecule has 0 fully saturated rings. The van der Waals surface area contributed by atoms with Crippen molar-refractivity contribution in [2.24, 2.45) is 0 Å². The van der Waals surface area contributed by atoms with Gasteiger partial charge in [0, 0.05) is 12.8 Å². The third kappa shape index (κ3) is 6.37. The predicted octanol–water partition coefficient (Wildman–Crippen LogP) is 3.45. The maximum atomic E-state index is 4.33. The molecule has 0 saturated heterocycles. The second-order valence-corrected chi connectivity index (χ2v) is 6.00. The fraction of sp³-hybridized carbons (Fsp3) is 0.750. The first-order valence-corrected chi connectivity index (χ1v) is 8.50. The number of hydrogen-bond acceptors (Lipinski definition) is 4. The molecule has 6 heteroatoms. The van der Waals surface area contributed by atoms with E-state index in [1.165, 1.54) is 51.4 Å². The summed E-state index contributed by atoms with van der Waals surface area (Å²) in [6.45, 7) is 3.89. The van der Waals surface area contributed by atoms with E-state index < -0.39 is 0 Å². The highest BCUT2D eigenvalue weighted by atomic mass is 15.2. The van der Waals surface area contributed by atoms with Crippen molar-refractivity contribution in [2.75, 3.05) is 0 Å². The molecular formula is C16H28N6. The van der Waals surface area contributed by atoms with Crippen molar-refractivity contribution in [3.63, 3.8) is 0 Å². The Bertz CT molecular complexity index is 482. The maximum Gasteiger partial charge on any atom is 0.150 e. The Kier molecular flexibility index (Phi) is 7.06. The minimum atomic E-state index is 0.912. The third-order valence-electron chi connectivity index (χ3n) is 3.84. The summed E-state index contributed by atoms with van der Waals surface area (Å²) in [5.41, 5.74) is 0. The van der Waals surface area contributed by atoms with Gasteiger partial charge in [-0.05, 0) is 26.7 Å². The normalized spacial score (nSPS) is 11.2. The highest BCUT2D eigenvalue weighted by molar-refractivity contribution is 4.88. The van der Waals surface area contributed by atoms with Gasteiger partial charge in [0.2, 0.25) is 0 Å². The number of rotatable bonds is 11. The molecule has 2 aromatic rings. The summed E-state index contributed by atoms with van der Waals surface area (Å²) in [4.78, 5) is 8.65. The molecule has 0 aliphatic rings. The van der Waals surface area contributed by atoms with Gasteiger partial charge in [-0.15, -0.1) is 0 Å². The molecule has 0 unspecified atom stereocenters. The zero-order chi connectivity index (χ0) is 15.6. The lowest BCUT2D eigenvalue weighted by Gasteiger charge is -2.01. The lowest BCUT2D eigenvalue weighted by atomic mass is 10.1. The highest BCUT2D eigenvalue weighted by Gasteiger charge is 2.00. The summed E-state index contributed by atoms with van der Waals surface area (Å²) in [6.07, 6.45) is 12.3. The molecule has 2 N–H and O–H groups in total. The number of unbranched alkanes of at least 4 members (excludes halogenated alkanes) is 7. The number of aromatic amines is 2. The van der Waals surface area contributed by atoms with Crippen LogP contribution in [-0.2, 0) is 12.8 Å². The number of nitrogens with one attached hydrogen (secondary N) is 2. The lowest BCUT2D eigenvalue weighted by molar-refractivity contribution is 0.562. The van der Waals surface area contributed by atoms with Gasteiger partial charge in [0.1, 0.15) is 11.6 Å². The Morgan fingerprint density at radius 1 is 0.591 bits per heavy atom. The molecule has 0 aliphatic carbocycles. The standard InChI is InChI=1S/C16H28N6/c1-13-17-15(21-19-13)11-9-7-5-3-4-6-8-10-12-16-18-14(2)20-22-16/h3-12H2,1-2H3,(H,17,19,21)(H,18,20,22). The van der Waals surface area contributed by atoms with Crippen LogP contribution in [0.2, 0.25) is 0 Å². The largest absolute Gasteiger partial charge is 0.263 e. The molecule has 0 radical (unpaired) electrons. The summed E-state index contributed by atoms with van der Waals surface area (Å²) in [5.74, 6) is 3.74. The first kappa shape index (κ1) is 16.6. The van der Waals surface area contributed by atoms with Gasteiger partial charge >= 0.3 is 0 Å². The summed E-state index contributed by atoms with van der Waals surface area (Å²) >= 11 is 0. The SMILES string of the molecule is Cc1nc(CCCCCCCCCCc2n[nH]c(C)n2)n[nH]1. The number of aromatic nitrogens is 6. The molecule has 22 heavy (non-hydrogen) atoms. The molecular weight excluding hydrogens is 276 g/mol. The van der Waals surface area contributed by atoms with Crippen LogP contribution in [0.5, 0.6) is 0 Å². The lowest BCUT2D eigenvalue weighted by Crippen LogP contribution is -1.90. The Hall–Kier alpha value is -1.72.